The maximum absolute atomic E-state index is 11.8. The number of hydrogen-bond acceptors (Lipinski definition) is 3. The van der Waals surface area contributed by atoms with E-state index in [0.717, 1.165) is 11.1 Å². The number of rotatable bonds is 4. The molecule has 2 aromatic rings. The van der Waals surface area contributed by atoms with Gasteiger partial charge < -0.3 is 4.74 Å². The number of benzene rings is 2. The van der Waals surface area contributed by atoms with Crippen LogP contribution in [0.2, 0.25) is 0 Å². The second-order valence-corrected chi connectivity index (χ2v) is 4.42. The number of carbonyl (C=O) groups is 1. The van der Waals surface area contributed by atoms with E-state index < -0.39 is 6.04 Å². The standard InChI is InChI=1S/C18H17NO2/c1-21-18(20)17(16-12-6-3-7-13-16)19-14-8-11-15-9-4-2-5-10-15/h2-7,9-10,12-13,17,19H,14H2,1H3. The molecule has 0 spiro atoms. The molecule has 1 atom stereocenters. The van der Waals surface area contributed by atoms with Gasteiger partial charge in [-0.3, -0.25) is 5.32 Å². The molecule has 0 saturated heterocycles. The SMILES string of the molecule is COC(=O)C(NCC#Cc1ccccc1)c1ccccc1. The number of hydrogen-bond donors (Lipinski definition) is 1. The molecule has 1 unspecified atom stereocenters. The van der Waals surface area contributed by atoms with E-state index in [1.165, 1.54) is 7.11 Å². The molecule has 0 heterocycles. The monoisotopic (exact) mass is 279 g/mol. The van der Waals surface area contributed by atoms with Crippen molar-refractivity contribution in [1.29, 1.82) is 0 Å². The van der Waals surface area contributed by atoms with Crippen LogP contribution >= 0.6 is 0 Å². The highest BCUT2D eigenvalue weighted by molar-refractivity contribution is 5.77. The Morgan fingerprint density at radius 2 is 1.71 bits per heavy atom. The molecule has 0 fully saturated rings. The molecule has 0 aromatic heterocycles. The van der Waals surface area contributed by atoms with Crippen molar-refractivity contribution in [2.45, 2.75) is 6.04 Å². The van der Waals surface area contributed by atoms with Crippen LogP contribution in [0.5, 0.6) is 0 Å². The van der Waals surface area contributed by atoms with Crippen molar-refractivity contribution >= 4 is 5.97 Å². The average Bonchev–Trinajstić information content (AvgIpc) is 2.56. The summed E-state index contributed by atoms with van der Waals surface area (Å²) in [4.78, 5) is 11.8. The molecular formula is C18H17NO2. The summed E-state index contributed by atoms with van der Waals surface area (Å²) in [6.45, 7) is 0.406. The Balaban J connectivity index is 2.01. The van der Waals surface area contributed by atoms with Crippen molar-refractivity contribution in [1.82, 2.24) is 5.32 Å². The van der Waals surface area contributed by atoms with Crippen molar-refractivity contribution in [3.05, 3.63) is 71.8 Å². The van der Waals surface area contributed by atoms with Crippen molar-refractivity contribution in [2.75, 3.05) is 13.7 Å². The smallest absolute Gasteiger partial charge is 0.327 e. The third-order valence-electron chi connectivity index (χ3n) is 2.97. The van der Waals surface area contributed by atoms with E-state index in [1.54, 1.807) is 0 Å². The van der Waals surface area contributed by atoms with Crippen LogP contribution in [0.1, 0.15) is 17.2 Å². The molecule has 3 nitrogen and oxygen atoms in total. The highest BCUT2D eigenvalue weighted by Gasteiger charge is 2.19. The van der Waals surface area contributed by atoms with Gasteiger partial charge in [-0.15, -0.1) is 0 Å². The molecule has 2 rings (SSSR count). The molecule has 0 radical (unpaired) electrons. The Bertz CT molecular complexity index is 627. The van der Waals surface area contributed by atoms with Gasteiger partial charge in [0.15, 0.2) is 0 Å². The largest absolute Gasteiger partial charge is 0.468 e. The number of nitrogens with one attached hydrogen (secondary N) is 1. The molecule has 2 aromatic carbocycles. The second-order valence-electron chi connectivity index (χ2n) is 4.42. The summed E-state index contributed by atoms with van der Waals surface area (Å²) in [7, 11) is 1.38. The normalized spacial score (nSPS) is 11.1. The number of ether oxygens (including phenoxy) is 1. The van der Waals surface area contributed by atoms with Crippen LogP contribution in [-0.2, 0) is 9.53 Å². The molecule has 3 heteroatoms. The number of esters is 1. The van der Waals surface area contributed by atoms with Gasteiger partial charge in [-0.1, -0.05) is 60.4 Å². The molecule has 0 aliphatic heterocycles. The first-order chi connectivity index (χ1) is 10.3. The van der Waals surface area contributed by atoms with Crippen LogP contribution in [0, 0.1) is 11.8 Å². The van der Waals surface area contributed by atoms with Gasteiger partial charge in [0.25, 0.3) is 0 Å². The van der Waals surface area contributed by atoms with Gasteiger partial charge in [-0.25, -0.2) is 4.79 Å². The summed E-state index contributed by atoms with van der Waals surface area (Å²) in [5, 5.41) is 3.11. The van der Waals surface area contributed by atoms with Crippen molar-refractivity contribution in [3.8, 4) is 11.8 Å². The van der Waals surface area contributed by atoms with E-state index in [4.69, 9.17) is 4.74 Å². The lowest BCUT2D eigenvalue weighted by atomic mass is 10.1. The predicted octanol–water partition coefficient (Wildman–Crippen LogP) is 2.54. The molecule has 106 valence electrons. The molecule has 0 aliphatic rings. The summed E-state index contributed by atoms with van der Waals surface area (Å²) in [5.41, 5.74) is 1.82. The van der Waals surface area contributed by atoms with E-state index in [2.05, 4.69) is 17.2 Å². The third-order valence-corrected chi connectivity index (χ3v) is 2.97. The Morgan fingerprint density at radius 1 is 1.10 bits per heavy atom. The molecular weight excluding hydrogens is 262 g/mol. The quantitative estimate of drug-likeness (QED) is 0.690. The Kier molecular flexibility index (Phi) is 5.57. The summed E-state index contributed by atoms with van der Waals surface area (Å²) in [6.07, 6.45) is 0. The fourth-order valence-corrected chi connectivity index (χ4v) is 1.92. The number of methoxy groups -OCH3 is 1. The molecule has 21 heavy (non-hydrogen) atoms. The number of carbonyl (C=O) groups excluding carboxylic acids is 1. The van der Waals surface area contributed by atoms with Crippen LogP contribution in [0.15, 0.2) is 60.7 Å². The fraction of sp³-hybridized carbons (Fsp3) is 0.167. The summed E-state index contributed by atoms with van der Waals surface area (Å²) < 4.78 is 4.83. The first-order valence-corrected chi connectivity index (χ1v) is 6.71. The van der Waals surface area contributed by atoms with Crippen LogP contribution < -0.4 is 5.32 Å². The van der Waals surface area contributed by atoms with E-state index in [1.807, 2.05) is 60.7 Å². The first-order valence-electron chi connectivity index (χ1n) is 6.71. The van der Waals surface area contributed by atoms with Gasteiger partial charge in [0.05, 0.1) is 13.7 Å². The Morgan fingerprint density at radius 3 is 2.33 bits per heavy atom. The molecule has 0 aliphatic carbocycles. The Hall–Kier alpha value is -2.57. The minimum Gasteiger partial charge on any atom is -0.468 e. The van der Waals surface area contributed by atoms with E-state index >= 15 is 0 Å². The zero-order valence-corrected chi connectivity index (χ0v) is 11.9. The van der Waals surface area contributed by atoms with Crippen LogP contribution in [0.25, 0.3) is 0 Å². The van der Waals surface area contributed by atoms with Gasteiger partial charge in [-0.05, 0) is 17.7 Å². The van der Waals surface area contributed by atoms with Gasteiger partial charge in [0.2, 0.25) is 0 Å². The second kappa shape index (κ2) is 7.88. The van der Waals surface area contributed by atoms with Crippen LogP contribution in [-0.4, -0.2) is 19.6 Å². The van der Waals surface area contributed by atoms with E-state index in [-0.39, 0.29) is 5.97 Å². The lowest BCUT2D eigenvalue weighted by Gasteiger charge is -2.15. The average molecular weight is 279 g/mol. The summed E-state index contributed by atoms with van der Waals surface area (Å²) >= 11 is 0. The zero-order valence-electron chi connectivity index (χ0n) is 11.9. The first kappa shape index (κ1) is 14.8. The minimum atomic E-state index is -0.499. The van der Waals surface area contributed by atoms with E-state index in [0.29, 0.717) is 6.54 Å². The maximum atomic E-state index is 11.8. The van der Waals surface area contributed by atoms with Gasteiger partial charge in [0.1, 0.15) is 6.04 Å². The molecule has 0 saturated carbocycles. The molecule has 0 amide bonds. The van der Waals surface area contributed by atoms with E-state index in [9.17, 15) is 4.79 Å². The van der Waals surface area contributed by atoms with Gasteiger partial charge in [0, 0.05) is 5.56 Å². The summed E-state index contributed by atoms with van der Waals surface area (Å²) in [5.74, 6) is 5.74. The lowest BCUT2D eigenvalue weighted by molar-refractivity contribution is -0.143. The maximum Gasteiger partial charge on any atom is 0.327 e. The molecule has 1 N–H and O–H groups in total. The summed E-state index contributed by atoms with van der Waals surface area (Å²) in [6, 6.07) is 18.7. The zero-order chi connectivity index (χ0) is 14.9. The minimum absolute atomic E-state index is 0.317. The predicted molar refractivity (Wildman–Crippen MR) is 82.5 cm³/mol. The highest BCUT2D eigenvalue weighted by Crippen LogP contribution is 2.13. The van der Waals surface area contributed by atoms with Crippen molar-refractivity contribution in [2.24, 2.45) is 0 Å². The van der Waals surface area contributed by atoms with Crippen molar-refractivity contribution < 1.29 is 9.53 Å². The third kappa shape index (κ3) is 4.48. The Labute approximate surface area is 125 Å². The lowest BCUT2D eigenvalue weighted by Crippen LogP contribution is -2.29. The van der Waals surface area contributed by atoms with Crippen LogP contribution in [0.4, 0.5) is 0 Å². The fourth-order valence-electron chi connectivity index (χ4n) is 1.92. The topological polar surface area (TPSA) is 38.3 Å². The highest BCUT2D eigenvalue weighted by atomic mass is 16.5. The van der Waals surface area contributed by atoms with Crippen LogP contribution in [0.3, 0.4) is 0 Å². The van der Waals surface area contributed by atoms with Gasteiger partial charge in [-0.2, -0.15) is 0 Å². The van der Waals surface area contributed by atoms with Crippen molar-refractivity contribution in [3.63, 3.8) is 0 Å². The van der Waals surface area contributed by atoms with Gasteiger partial charge >= 0.3 is 5.97 Å². The molecule has 0 bridgehead atoms.